The van der Waals surface area contributed by atoms with Gasteiger partial charge in [0, 0.05) is 9.89 Å². The van der Waals surface area contributed by atoms with Crippen LogP contribution < -0.4 is 9.47 Å². The monoisotopic (exact) mass is 293 g/mol. The minimum atomic E-state index is 0.251. The molecule has 0 N–H and O–H groups in total. The summed E-state index contributed by atoms with van der Waals surface area (Å²) in [4.78, 5) is 0. The maximum absolute atomic E-state index is 8.75. The summed E-state index contributed by atoms with van der Waals surface area (Å²) in [6.45, 7) is 1.47. The van der Waals surface area contributed by atoms with Gasteiger partial charge in [0.2, 0.25) is 0 Å². The van der Waals surface area contributed by atoms with E-state index in [1.807, 2.05) is 12.1 Å². The van der Waals surface area contributed by atoms with E-state index in [-0.39, 0.29) is 5.41 Å². The van der Waals surface area contributed by atoms with Crippen LogP contribution in [0.25, 0.3) is 0 Å². The fraction of sp³-hybridized carbons (Fsp3) is 0.462. The van der Waals surface area contributed by atoms with Crippen LogP contribution in [0.15, 0.2) is 16.6 Å². The summed E-state index contributed by atoms with van der Waals surface area (Å²) in [5.74, 6) is 1.55. The molecular formula is C13H12BrNO2. The number of halogens is 1. The van der Waals surface area contributed by atoms with Crippen molar-refractivity contribution in [3.63, 3.8) is 0 Å². The first kappa shape index (κ1) is 10.9. The lowest BCUT2D eigenvalue weighted by atomic mass is 10.1. The fourth-order valence-electron chi connectivity index (χ4n) is 1.99. The summed E-state index contributed by atoms with van der Waals surface area (Å²) < 4.78 is 12.5. The quantitative estimate of drug-likeness (QED) is 0.799. The van der Waals surface area contributed by atoms with Crippen molar-refractivity contribution in [3.8, 4) is 17.6 Å². The molecule has 0 saturated heterocycles. The predicted octanol–water partition coefficient (Wildman–Crippen LogP) is 3.07. The van der Waals surface area contributed by atoms with Crippen LogP contribution >= 0.6 is 15.9 Å². The van der Waals surface area contributed by atoms with Gasteiger partial charge >= 0.3 is 0 Å². The molecule has 1 fully saturated rings. The van der Waals surface area contributed by atoms with Crippen LogP contribution in [0.1, 0.15) is 18.4 Å². The van der Waals surface area contributed by atoms with Crippen molar-refractivity contribution in [2.45, 2.75) is 19.3 Å². The topological polar surface area (TPSA) is 42.2 Å². The van der Waals surface area contributed by atoms with Crippen molar-refractivity contribution in [3.05, 3.63) is 22.2 Å². The molecule has 0 unspecified atom stereocenters. The first-order valence-corrected chi connectivity index (χ1v) is 6.47. The lowest BCUT2D eigenvalue weighted by molar-refractivity contribution is 0.197. The molecule has 88 valence electrons. The van der Waals surface area contributed by atoms with Gasteiger partial charge in [-0.2, -0.15) is 5.26 Å². The van der Waals surface area contributed by atoms with Gasteiger partial charge in [-0.15, -0.1) is 0 Å². The van der Waals surface area contributed by atoms with E-state index in [2.05, 4.69) is 22.0 Å². The zero-order valence-corrected chi connectivity index (χ0v) is 10.9. The largest absolute Gasteiger partial charge is 0.489 e. The van der Waals surface area contributed by atoms with Crippen LogP contribution in [0, 0.1) is 16.7 Å². The zero-order chi connectivity index (χ0) is 11.9. The third-order valence-electron chi connectivity index (χ3n) is 3.41. The molecule has 1 aromatic carbocycles. The molecule has 1 aliphatic carbocycles. The Labute approximate surface area is 108 Å². The Balaban J connectivity index is 1.93. The molecule has 3 rings (SSSR count). The molecule has 1 saturated carbocycles. The molecule has 3 nitrogen and oxygen atoms in total. The summed E-state index contributed by atoms with van der Waals surface area (Å²) in [5.41, 5.74) is 1.20. The van der Waals surface area contributed by atoms with Crippen LogP contribution in [-0.2, 0) is 6.42 Å². The summed E-state index contributed by atoms with van der Waals surface area (Å²) in [6.07, 6.45) is 2.75. The second-order valence-electron chi connectivity index (χ2n) is 4.80. The summed E-state index contributed by atoms with van der Waals surface area (Å²) in [5, 5.41) is 8.75. The van der Waals surface area contributed by atoms with Crippen LogP contribution in [-0.4, -0.2) is 13.2 Å². The maximum atomic E-state index is 8.75. The summed E-state index contributed by atoms with van der Waals surface area (Å²) >= 11 is 3.46. The molecule has 4 heteroatoms. The highest BCUT2D eigenvalue weighted by atomic mass is 79.9. The number of hydrogen-bond acceptors (Lipinski definition) is 3. The van der Waals surface area contributed by atoms with E-state index in [9.17, 15) is 0 Å². The summed E-state index contributed by atoms with van der Waals surface area (Å²) in [7, 11) is 0. The van der Waals surface area contributed by atoms with E-state index in [0.29, 0.717) is 6.42 Å². The Morgan fingerprint density at radius 1 is 1.24 bits per heavy atom. The lowest BCUT2D eigenvalue weighted by Gasteiger charge is -2.09. The van der Waals surface area contributed by atoms with Crippen LogP contribution in [0.5, 0.6) is 11.5 Å². The number of rotatable bonds is 1. The molecule has 0 radical (unpaired) electrons. The van der Waals surface area contributed by atoms with Gasteiger partial charge in [0.1, 0.15) is 0 Å². The lowest BCUT2D eigenvalue weighted by Crippen LogP contribution is -2.17. The minimum absolute atomic E-state index is 0.251. The van der Waals surface area contributed by atoms with Crippen LogP contribution in [0.2, 0.25) is 0 Å². The van der Waals surface area contributed by atoms with E-state index in [1.54, 1.807) is 0 Å². The third kappa shape index (κ3) is 2.00. The smallest absolute Gasteiger partial charge is 0.162 e. The molecular weight excluding hydrogens is 282 g/mol. The van der Waals surface area contributed by atoms with E-state index < -0.39 is 0 Å². The molecule has 1 heterocycles. The van der Waals surface area contributed by atoms with E-state index >= 15 is 0 Å². The Hall–Kier alpha value is -1.21. The SMILES string of the molecule is N#CCc1cc2c(cc1Br)OCC1(CC1)CO2. The Bertz CT molecular complexity index is 503. The molecule has 1 spiro atoms. The van der Waals surface area contributed by atoms with E-state index in [0.717, 1.165) is 34.7 Å². The second kappa shape index (κ2) is 3.92. The van der Waals surface area contributed by atoms with Gasteiger partial charge in [0.25, 0.3) is 0 Å². The normalized spacial score (nSPS) is 19.5. The first-order chi connectivity index (χ1) is 8.22. The van der Waals surface area contributed by atoms with Gasteiger partial charge in [0.15, 0.2) is 11.5 Å². The van der Waals surface area contributed by atoms with Gasteiger partial charge in [-0.25, -0.2) is 0 Å². The standard InChI is InChI=1S/C13H12BrNO2/c14-10-6-12-11(5-9(10)1-4-15)16-7-13(2-3-13)8-17-12/h5-6H,1-3,7-8H2. The van der Waals surface area contributed by atoms with Gasteiger partial charge in [-0.1, -0.05) is 15.9 Å². The molecule has 2 aliphatic rings. The number of nitrogens with zero attached hydrogens (tertiary/aromatic N) is 1. The van der Waals surface area contributed by atoms with Crippen molar-refractivity contribution < 1.29 is 9.47 Å². The average molecular weight is 294 g/mol. The number of benzene rings is 1. The van der Waals surface area contributed by atoms with Gasteiger partial charge < -0.3 is 9.47 Å². The highest BCUT2D eigenvalue weighted by molar-refractivity contribution is 9.10. The number of ether oxygens (including phenoxy) is 2. The number of nitriles is 1. The van der Waals surface area contributed by atoms with E-state index in [1.165, 1.54) is 12.8 Å². The minimum Gasteiger partial charge on any atom is -0.489 e. The number of fused-ring (bicyclic) bond motifs is 1. The summed E-state index contributed by atoms with van der Waals surface area (Å²) in [6, 6.07) is 5.96. The van der Waals surface area contributed by atoms with Gasteiger partial charge in [-0.05, 0) is 30.5 Å². The molecule has 1 aliphatic heterocycles. The highest BCUT2D eigenvalue weighted by Gasteiger charge is 2.46. The van der Waals surface area contributed by atoms with E-state index in [4.69, 9.17) is 14.7 Å². The molecule has 0 atom stereocenters. The maximum Gasteiger partial charge on any atom is 0.162 e. The van der Waals surface area contributed by atoms with Crippen molar-refractivity contribution >= 4 is 15.9 Å². The van der Waals surface area contributed by atoms with Crippen LogP contribution in [0.3, 0.4) is 0 Å². The fourth-order valence-corrected chi connectivity index (χ4v) is 2.45. The Morgan fingerprint density at radius 3 is 2.47 bits per heavy atom. The molecule has 17 heavy (non-hydrogen) atoms. The van der Waals surface area contributed by atoms with Crippen molar-refractivity contribution in [1.82, 2.24) is 0 Å². The van der Waals surface area contributed by atoms with Crippen molar-refractivity contribution in [2.75, 3.05) is 13.2 Å². The molecule has 1 aromatic rings. The first-order valence-electron chi connectivity index (χ1n) is 5.67. The van der Waals surface area contributed by atoms with Gasteiger partial charge in [-0.3, -0.25) is 0 Å². The third-order valence-corrected chi connectivity index (χ3v) is 4.15. The zero-order valence-electron chi connectivity index (χ0n) is 9.33. The Morgan fingerprint density at radius 2 is 1.88 bits per heavy atom. The second-order valence-corrected chi connectivity index (χ2v) is 5.66. The highest BCUT2D eigenvalue weighted by Crippen LogP contribution is 2.49. The average Bonchev–Trinajstić information content (AvgIpc) is 3.10. The van der Waals surface area contributed by atoms with Crippen molar-refractivity contribution in [2.24, 2.45) is 5.41 Å². The predicted molar refractivity (Wildman–Crippen MR) is 66.1 cm³/mol. The van der Waals surface area contributed by atoms with Crippen molar-refractivity contribution in [1.29, 1.82) is 5.26 Å². The number of hydrogen-bond donors (Lipinski definition) is 0. The molecule has 0 aromatic heterocycles. The molecule has 0 bridgehead atoms. The Kier molecular flexibility index (Phi) is 2.52. The molecule has 0 amide bonds. The van der Waals surface area contributed by atoms with Crippen LogP contribution in [0.4, 0.5) is 0 Å². The van der Waals surface area contributed by atoms with Gasteiger partial charge in [0.05, 0.1) is 25.7 Å².